The molecule has 0 spiro atoms. The van der Waals surface area contributed by atoms with Crippen LogP contribution in [0.15, 0.2) is 0 Å². The van der Waals surface area contributed by atoms with Crippen molar-refractivity contribution in [1.29, 1.82) is 0 Å². The molecule has 3 nitrogen and oxygen atoms in total. The SMILES string of the molecule is CC(=O)C[C@@H]1O[C@@H](C)CC[C@H]1O. The van der Waals surface area contributed by atoms with Crippen LogP contribution in [-0.4, -0.2) is 29.2 Å². The van der Waals surface area contributed by atoms with Crippen molar-refractivity contribution in [2.24, 2.45) is 0 Å². The lowest BCUT2D eigenvalue weighted by molar-refractivity contribution is -0.135. The van der Waals surface area contributed by atoms with E-state index in [0.29, 0.717) is 6.42 Å². The second-order valence-electron chi connectivity index (χ2n) is 3.54. The summed E-state index contributed by atoms with van der Waals surface area (Å²) in [6.07, 6.45) is 1.43. The van der Waals surface area contributed by atoms with Crippen molar-refractivity contribution in [3.63, 3.8) is 0 Å². The zero-order valence-electron chi connectivity index (χ0n) is 7.62. The maximum Gasteiger partial charge on any atom is 0.132 e. The third-order valence-electron chi connectivity index (χ3n) is 2.19. The van der Waals surface area contributed by atoms with Crippen molar-refractivity contribution in [2.45, 2.75) is 51.4 Å². The molecule has 3 atom stereocenters. The number of ketones is 1. The van der Waals surface area contributed by atoms with Crippen LogP contribution in [0.2, 0.25) is 0 Å². The molecule has 0 aromatic carbocycles. The summed E-state index contributed by atoms with van der Waals surface area (Å²) >= 11 is 0. The van der Waals surface area contributed by atoms with Crippen molar-refractivity contribution < 1.29 is 14.6 Å². The van der Waals surface area contributed by atoms with Crippen LogP contribution in [0, 0.1) is 0 Å². The van der Waals surface area contributed by atoms with Crippen LogP contribution < -0.4 is 0 Å². The van der Waals surface area contributed by atoms with Crippen LogP contribution in [0.5, 0.6) is 0 Å². The van der Waals surface area contributed by atoms with Gasteiger partial charge >= 0.3 is 0 Å². The quantitative estimate of drug-likeness (QED) is 0.673. The van der Waals surface area contributed by atoms with Gasteiger partial charge in [-0.1, -0.05) is 0 Å². The van der Waals surface area contributed by atoms with E-state index in [0.717, 1.165) is 12.8 Å². The van der Waals surface area contributed by atoms with E-state index < -0.39 is 6.10 Å². The molecule has 70 valence electrons. The highest BCUT2D eigenvalue weighted by atomic mass is 16.5. The van der Waals surface area contributed by atoms with Gasteiger partial charge < -0.3 is 9.84 Å². The number of carbonyl (C=O) groups is 1. The first-order valence-corrected chi connectivity index (χ1v) is 4.42. The van der Waals surface area contributed by atoms with E-state index in [4.69, 9.17) is 4.74 Å². The molecule has 0 aromatic heterocycles. The first-order valence-electron chi connectivity index (χ1n) is 4.42. The molecule has 0 aliphatic carbocycles. The molecule has 1 aliphatic heterocycles. The first-order chi connectivity index (χ1) is 5.59. The fraction of sp³-hybridized carbons (Fsp3) is 0.889. The number of aliphatic hydroxyl groups excluding tert-OH is 1. The molecule has 1 N–H and O–H groups in total. The van der Waals surface area contributed by atoms with E-state index in [2.05, 4.69) is 0 Å². The molecule has 0 unspecified atom stereocenters. The van der Waals surface area contributed by atoms with Crippen molar-refractivity contribution in [3.8, 4) is 0 Å². The zero-order valence-corrected chi connectivity index (χ0v) is 7.62. The Morgan fingerprint density at radius 2 is 2.25 bits per heavy atom. The molecule has 12 heavy (non-hydrogen) atoms. The van der Waals surface area contributed by atoms with Gasteiger partial charge in [0.1, 0.15) is 5.78 Å². The molecule has 0 radical (unpaired) electrons. The number of ether oxygens (including phenoxy) is 1. The Balaban J connectivity index is 2.43. The largest absolute Gasteiger partial charge is 0.390 e. The molecular formula is C9H16O3. The fourth-order valence-electron chi connectivity index (χ4n) is 1.52. The molecule has 1 rings (SSSR count). The first kappa shape index (κ1) is 9.68. The summed E-state index contributed by atoms with van der Waals surface area (Å²) in [6.45, 7) is 3.49. The molecular weight excluding hydrogens is 156 g/mol. The monoisotopic (exact) mass is 172 g/mol. The van der Waals surface area contributed by atoms with Crippen LogP contribution in [0.25, 0.3) is 0 Å². The summed E-state index contributed by atoms with van der Waals surface area (Å²) in [4.78, 5) is 10.8. The minimum Gasteiger partial charge on any atom is -0.390 e. The van der Waals surface area contributed by atoms with Gasteiger partial charge in [-0.05, 0) is 26.7 Å². The van der Waals surface area contributed by atoms with Crippen LogP contribution in [0.3, 0.4) is 0 Å². The normalized spacial score (nSPS) is 36.4. The maximum atomic E-state index is 10.8. The number of hydrogen-bond donors (Lipinski definition) is 1. The lowest BCUT2D eigenvalue weighted by Crippen LogP contribution is -2.38. The van der Waals surface area contributed by atoms with E-state index in [1.54, 1.807) is 0 Å². The minimum absolute atomic E-state index is 0.0770. The Morgan fingerprint density at radius 3 is 2.83 bits per heavy atom. The van der Waals surface area contributed by atoms with Gasteiger partial charge in [0.2, 0.25) is 0 Å². The van der Waals surface area contributed by atoms with Crippen LogP contribution in [0.1, 0.15) is 33.1 Å². The lowest BCUT2D eigenvalue weighted by Gasteiger charge is -2.31. The van der Waals surface area contributed by atoms with Crippen LogP contribution >= 0.6 is 0 Å². The maximum absolute atomic E-state index is 10.8. The Hall–Kier alpha value is -0.410. The molecule has 0 aromatic rings. The number of aliphatic hydroxyl groups is 1. The highest BCUT2D eigenvalue weighted by molar-refractivity contribution is 5.76. The van der Waals surface area contributed by atoms with Crippen LogP contribution in [0.4, 0.5) is 0 Å². The highest BCUT2D eigenvalue weighted by Gasteiger charge is 2.28. The Bertz CT molecular complexity index is 167. The predicted octanol–water partition coefficient (Wildman–Crippen LogP) is 0.894. The second-order valence-corrected chi connectivity index (χ2v) is 3.54. The van der Waals surface area contributed by atoms with E-state index in [-0.39, 0.29) is 18.0 Å². The highest BCUT2D eigenvalue weighted by Crippen LogP contribution is 2.21. The molecule has 0 saturated carbocycles. The van der Waals surface area contributed by atoms with Crippen molar-refractivity contribution in [3.05, 3.63) is 0 Å². The van der Waals surface area contributed by atoms with E-state index in [9.17, 15) is 9.90 Å². The van der Waals surface area contributed by atoms with Gasteiger partial charge in [-0.2, -0.15) is 0 Å². The van der Waals surface area contributed by atoms with Crippen molar-refractivity contribution in [1.82, 2.24) is 0 Å². The standard InChI is InChI=1S/C9H16O3/c1-6(10)5-9-8(11)4-3-7(2)12-9/h7-9,11H,3-5H2,1-2H3/t7-,8+,9-/m0/s1. The lowest BCUT2D eigenvalue weighted by atomic mass is 9.98. The number of Topliss-reactive ketones (excluding diaryl/α,β-unsaturated/α-hetero) is 1. The smallest absolute Gasteiger partial charge is 0.132 e. The average Bonchev–Trinajstić information content (AvgIpc) is 1.96. The summed E-state index contributed by atoms with van der Waals surface area (Å²) in [5, 5.41) is 9.46. The summed E-state index contributed by atoms with van der Waals surface area (Å²) in [7, 11) is 0. The van der Waals surface area contributed by atoms with Crippen molar-refractivity contribution in [2.75, 3.05) is 0 Å². The number of rotatable bonds is 2. The predicted molar refractivity (Wildman–Crippen MR) is 44.9 cm³/mol. The molecule has 1 heterocycles. The Morgan fingerprint density at radius 1 is 1.58 bits per heavy atom. The minimum atomic E-state index is -0.454. The van der Waals surface area contributed by atoms with Crippen LogP contribution in [-0.2, 0) is 9.53 Å². The Labute approximate surface area is 72.7 Å². The fourth-order valence-corrected chi connectivity index (χ4v) is 1.52. The van der Waals surface area contributed by atoms with E-state index in [1.165, 1.54) is 6.92 Å². The average molecular weight is 172 g/mol. The third-order valence-corrected chi connectivity index (χ3v) is 2.19. The molecule has 0 amide bonds. The van der Waals surface area contributed by atoms with Gasteiger partial charge in [0.15, 0.2) is 0 Å². The third kappa shape index (κ3) is 2.57. The summed E-state index contributed by atoms with van der Waals surface area (Å²) in [5.41, 5.74) is 0. The summed E-state index contributed by atoms with van der Waals surface area (Å²) in [5.74, 6) is 0.0770. The van der Waals surface area contributed by atoms with Gasteiger partial charge in [0, 0.05) is 6.42 Å². The van der Waals surface area contributed by atoms with Gasteiger partial charge in [-0.15, -0.1) is 0 Å². The summed E-state index contributed by atoms with van der Waals surface area (Å²) in [6, 6.07) is 0. The van der Waals surface area contributed by atoms with Crippen molar-refractivity contribution >= 4 is 5.78 Å². The molecule has 0 bridgehead atoms. The van der Waals surface area contributed by atoms with Gasteiger partial charge in [0.05, 0.1) is 18.3 Å². The van der Waals surface area contributed by atoms with E-state index >= 15 is 0 Å². The molecule has 3 heteroatoms. The molecule has 1 saturated heterocycles. The van der Waals surface area contributed by atoms with Gasteiger partial charge in [-0.3, -0.25) is 4.79 Å². The molecule has 1 fully saturated rings. The number of carbonyl (C=O) groups excluding carboxylic acids is 1. The van der Waals surface area contributed by atoms with E-state index in [1.807, 2.05) is 6.92 Å². The second kappa shape index (κ2) is 4.01. The topological polar surface area (TPSA) is 46.5 Å². The molecule has 1 aliphatic rings. The van der Waals surface area contributed by atoms with Gasteiger partial charge in [-0.25, -0.2) is 0 Å². The Kier molecular flexibility index (Phi) is 3.23. The van der Waals surface area contributed by atoms with Gasteiger partial charge in [0.25, 0.3) is 0 Å². The zero-order chi connectivity index (χ0) is 9.14. The summed E-state index contributed by atoms with van der Waals surface area (Å²) < 4.78 is 5.44. The number of hydrogen-bond acceptors (Lipinski definition) is 3.